The summed E-state index contributed by atoms with van der Waals surface area (Å²) in [5.74, 6) is 0.744. The number of halogens is 1. The lowest BCUT2D eigenvalue weighted by atomic mass is 9.93. The Labute approximate surface area is 156 Å². The van der Waals surface area contributed by atoms with Gasteiger partial charge in [0.1, 0.15) is 0 Å². The molecule has 1 aromatic carbocycles. The van der Waals surface area contributed by atoms with Gasteiger partial charge in [-0.15, -0.1) is 0 Å². The summed E-state index contributed by atoms with van der Waals surface area (Å²) in [6, 6.07) is 8.98. The lowest BCUT2D eigenvalue weighted by Gasteiger charge is -2.31. The number of aromatic amines is 1. The van der Waals surface area contributed by atoms with E-state index < -0.39 is 0 Å². The lowest BCUT2D eigenvalue weighted by molar-refractivity contribution is 0.201. The van der Waals surface area contributed by atoms with Crippen molar-refractivity contribution in [2.45, 2.75) is 25.3 Å². The van der Waals surface area contributed by atoms with Crippen LogP contribution >= 0.6 is 11.6 Å². The topological polar surface area (TPSA) is 87.9 Å². The van der Waals surface area contributed by atoms with E-state index in [4.69, 9.17) is 17.3 Å². The zero-order valence-corrected chi connectivity index (χ0v) is 15.0. The van der Waals surface area contributed by atoms with E-state index in [0.717, 1.165) is 49.4 Å². The van der Waals surface area contributed by atoms with E-state index in [0.29, 0.717) is 22.3 Å². The number of rotatable bonds is 3. The van der Waals surface area contributed by atoms with E-state index in [2.05, 4.69) is 19.9 Å². The summed E-state index contributed by atoms with van der Waals surface area (Å²) in [5, 5.41) is 1.20. The number of H-pyrrole nitrogens is 1. The molecule has 6 nitrogen and oxygen atoms in total. The van der Waals surface area contributed by atoms with E-state index >= 15 is 0 Å². The van der Waals surface area contributed by atoms with Gasteiger partial charge in [-0.1, -0.05) is 11.6 Å². The van der Waals surface area contributed by atoms with Crippen LogP contribution < -0.4 is 11.2 Å². The molecular weight excluding hydrogens is 350 g/mol. The zero-order chi connectivity index (χ0) is 18.1. The van der Waals surface area contributed by atoms with Gasteiger partial charge >= 0.3 is 0 Å². The molecular formula is C19H20ClN5O. The number of aromatic nitrogens is 3. The lowest BCUT2D eigenvalue weighted by Crippen LogP contribution is -2.33. The third-order valence-electron chi connectivity index (χ3n) is 4.94. The number of pyridine rings is 1. The van der Waals surface area contributed by atoms with Gasteiger partial charge in [0.2, 0.25) is 5.95 Å². The third-order valence-corrected chi connectivity index (χ3v) is 5.18. The van der Waals surface area contributed by atoms with Crippen molar-refractivity contribution in [1.29, 1.82) is 0 Å². The quantitative estimate of drug-likeness (QED) is 0.741. The number of nitrogens with two attached hydrogens (primary N) is 1. The fraction of sp³-hybridized carbons (Fsp3) is 0.316. The van der Waals surface area contributed by atoms with Gasteiger partial charge in [0.25, 0.3) is 0 Å². The highest BCUT2D eigenvalue weighted by Crippen LogP contribution is 2.27. The van der Waals surface area contributed by atoms with Gasteiger partial charge in [0.05, 0.1) is 0 Å². The minimum absolute atomic E-state index is 0.00240. The molecule has 0 radical (unpaired) electrons. The number of nitrogens with one attached hydrogen (secondary N) is 1. The van der Waals surface area contributed by atoms with Crippen LogP contribution in [0, 0.1) is 0 Å². The Kier molecular flexibility index (Phi) is 4.61. The van der Waals surface area contributed by atoms with Gasteiger partial charge in [-0.2, -0.15) is 0 Å². The van der Waals surface area contributed by atoms with Crippen LogP contribution in [-0.4, -0.2) is 32.9 Å². The molecule has 3 heterocycles. The number of fused-ring (bicyclic) bond motifs is 1. The molecule has 26 heavy (non-hydrogen) atoms. The number of hydrogen-bond acceptors (Lipinski definition) is 5. The molecule has 0 unspecified atom stereocenters. The number of nitrogens with zero attached hydrogens (tertiary/aromatic N) is 3. The normalized spacial score (nSPS) is 16.2. The number of benzene rings is 1. The average Bonchev–Trinajstić information content (AvgIpc) is 2.63. The molecule has 1 aliphatic rings. The monoisotopic (exact) mass is 369 g/mol. The standard InChI is InChI=1S/C19H20ClN5O/c20-13-1-2-17-15(9-13)18(26)10-14(23-17)11-25-7-4-12(5-8-25)16-3-6-22-19(21)24-16/h1-3,6,9-10,12H,4-5,7-8,11H2,(H,23,26)(H2,21,22,24). The van der Waals surface area contributed by atoms with Crippen LogP contribution in [0.15, 0.2) is 41.3 Å². The molecule has 3 aromatic rings. The van der Waals surface area contributed by atoms with E-state index in [-0.39, 0.29) is 5.43 Å². The van der Waals surface area contributed by atoms with Crippen LogP contribution in [0.3, 0.4) is 0 Å². The molecule has 0 saturated carbocycles. The molecule has 4 rings (SSSR count). The molecule has 0 atom stereocenters. The molecule has 1 fully saturated rings. The third kappa shape index (κ3) is 3.57. The maximum absolute atomic E-state index is 12.3. The molecule has 0 spiro atoms. The van der Waals surface area contributed by atoms with Crippen LogP contribution in [-0.2, 0) is 6.54 Å². The van der Waals surface area contributed by atoms with Gasteiger partial charge in [-0.05, 0) is 50.2 Å². The summed E-state index contributed by atoms with van der Waals surface area (Å²) in [6.45, 7) is 2.64. The van der Waals surface area contributed by atoms with Gasteiger partial charge in [0, 0.05) is 52.0 Å². The second-order valence-corrected chi connectivity index (χ2v) is 7.18. The minimum atomic E-state index is 0.00240. The molecule has 2 aromatic heterocycles. The van der Waals surface area contributed by atoms with Gasteiger partial charge < -0.3 is 10.7 Å². The first-order valence-electron chi connectivity index (χ1n) is 8.71. The average molecular weight is 370 g/mol. The number of nitrogen functional groups attached to an aromatic ring is 1. The molecule has 0 aliphatic carbocycles. The maximum atomic E-state index is 12.3. The summed E-state index contributed by atoms with van der Waals surface area (Å²) in [5.41, 5.74) is 8.46. The molecule has 1 saturated heterocycles. The van der Waals surface area contributed by atoms with Crippen LogP contribution in [0.5, 0.6) is 0 Å². The SMILES string of the molecule is Nc1nccc(C2CCN(Cc3cc(=O)c4cc(Cl)ccc4[nH]3)CC2)n1. The zero-order valence-electron chi connectivity index (χ0n) is 14.3. The van der Waals surface area contributed by atoms with E-state index in [1.807, 2.05) is 12.1 Å². The second kappa shape index (κ2) is 7.05. The van der Waals surface area contributed by atoms with Crippen molar-refractivity contribution in [2.24, 2.45) is 0 Å². The van der Waals surface area contributed by atoms with Crippen molar-refractivity contribution in [3.63, 3.8) is 0 Å². The summed E-state index contributed by atoms with van der Waals surface area (Å²) in [4.78, 5) is 26.4. The van der Waals surface area contributed by atoms with Gasteiger partial charge in [-0.25, -0.2) is 9.97 Å². The van der Waals surface area contributed by atoms with Crippen molar-refractivity contribution in [3.05, 3.63) is 63.2 Å². The predicted octanol–water partition coefficient (Wildman–Crippen LogP) is 2.93. The Balaban J connectivity index is 1.45. The summed E-state index contributed by atoms with van der Waals surface area (Å²) in [6.07, 6.45) is 3.75. The highest BCUT2D eigenvalue weighted by atomic mass is 35.5. The van der Waals surface area contributed by atoms with E-state index in [9.17, 15) is 4.79 Å². The Morgan fingerprint density at radius 3 is 2.81 bits per heavy atom. The van der Waals surface area contributed by atoms with Gasteiger partial charge in [-0.3, -0.25) is 9.69 Å². The Morgan fingerprint density at radius 1 is 1.23 bits per heavy atom. The Morgan fingerprint density at radius 2 is 2.04 bits per heavy atom. The largest absolute Gasteiger partial charge is 0.368 e. The summed E-state index contributed by atoms with van der Waals surface area (Å²) >= 11 is 5.98. The molecule has 134 valence electrons. The van der Waals surface area contributed by atoms with E-state index in [1.54, 1.807) is 24.4 Å². The van der Waals surface area contributed by atoms with Crippen molar-refractivity contribution in [1.82, 2.24) is 19.9 Å². The maximum Gasteiger partial charge on any atom is 0.220 e. The second-order valence-electron chi connectivity index (χ2n) is 6.74. The smallest absolute Gasteiger partial charge is 0.220 e. The van der Waals surface area contributed by atoms with Crippen LogP contribution in [0.2, 0.25) is 5.02 Å². The fourth-order valence-corrected chi connectivity index (χ4v) is 3.78. The molecule has 1 aliphatic heterocycles. The van der Waals surface area contributed by atoms with Gasteiger partial charge in [0.15, 0.2) is 5.43 Å². The first-order chi connectivity index (χ1) is 12.6. The van der Waals surface area contributed by atoms with E-state index in [1.165, 1.54) is 0 Å². The van der Waals surface area contributed by atoms with Crippen LogP contribution in [0.4, 0.5) is 5.95 Å². The number of piperidine rings is 1. The number of likely N-dealkylation sites (tertiary alicyclic amines) is 1. The first kappa shape index (κ1) is 17.0. The van der Waals surface area contributed by atoms with Crippen molar-refractivity contribution in [2.75, 3.05) is 18.8 Å². The van der Waals surface area contributed by atoms with Crippen molar-refractivity contribution in [3.8, 4) is 0 Å². The van der Waals surface area contributed by atoms with Crippen molar-refractivity contribution < 1.29 is 0 Å². The predicted molar refractivity (Wildman–Crippen MR) is 103 cm³/mol. The fourth-order valence-electron chi connectivity index (χ4n) is 3.60. The molecule has 3 N–H and O–H groups in total. The van der Waals surface area contributed by atoms with Crippen molar-refractivity contribution >= 4 is 28.5 Å². The Hall–Kier alpha value is -2.44. The summed E-state index contributed by atoms with van der Waals surface area (Å²) in [7, 11) is 0. The van der Waals surface area contributed by atoms with Crippen LogP contribution in [0.25, 0.3) is 10.9 Å². The Bertz CT molecular complexity index is 995. The number of anilines is 1. The minimum Gasteiger partial charge on any atom is -0.368 e. The molecule has 0 bridgehead atoms. The highest BCUT2D eigenvalue weighted by molar-refractivity contribution is 6.31. The highest BCUT2D eigenvalue weighted by Gasteiger charge is 2.22. The molecule has 0 amide bonds. The van der Waals surface area contributed by atoms with Crippen LogP contribution in [0.1, 0.15) is 30.1 Å². The number of hydrogen-bond donors (Lipinski definition) is 2. The first-order valence-corrected chi connectivity index (χ1v) is 9.08. The summed E-state index contributed by atoms with van der Waals surface area (Å²) < 4.78 is 0. The molecule has 7 heteroatoms.